The number of morpholine rings is 1. The van der Waals surface area contributed by atoms with Gasteiger partial charge in [0.2, 0.25) is 5.91 Å². The summed E-state index contributed by atoms with van der Waals surface area (Å²) in [4.78, 5) is 26.6. The Bertz CT molecular complexity index is 369. The van der Waals surface area contributed by atoms with Gasteiger partial charge in [0.15, 0.2) is 0 Å². The molecule has 2 aliphatic rings. The van der Waals surface area contributed by atoms with Crippen LogP contribution < -0.4 is 0 Å². The molecule has 1 saturated heterocycles. The number of carboxylic acids is 1. The second kappa shape index (κ2) is 7.75. The number of ether oxygens (including phenoxy) is 1. The Kier molecular flexibility index (Phi) is 5.99. The van der Waals surface area contributed by atoms with Gasteiger partial charge in [0.1, 0.15) is 0 Å². The molecule has 120 valence electrons. The third-order valence-electron chi connectivity index (χ3n) is 4.35. The van der Waals surface area contributed by atoms with Crippen molar-refractivity contribution in [2.45, 2.75) is 38.2 Å². The minimum Gasteiger partial charge on any atom is -0.480 e. The largest absolute Gasteiger partial charge is 0.480 e. The average molecular weight is 298 g/mol. The number of amides is 1. The summed E-state index contributed by atoms with van der Waals surface area (Å²) in [5, 5.41) is 8.77. The van der Waals surface area contributed by atoms with Gasteiger partial charge in [-0.1, -0.05) is 12.8 Å². The minimum absolute atomic E-state index is 0.00409. The summed E-state index contributed by atoms with van der Waals surface area (Å²) in [6.45, 7) is 2.32. The fraction of sp³-hybridized carbons (Fsp3) is 0.867. The van der Waals surface area contributed by atoms with Gasteiger partial charge in [0.05, 0.1) is 19.3 Å². The van der Waals surface area contributed by atoms with E-state index in [4.69, 9.17) is 9.84 Å². The lowest BCUT2D eigenvalue weighted by atomic mass is 10.0. The molecular weight excluding hydrogens is 272 g/mol. The van der Waals surface area contributed by atoms with Gasteiger partial charge < -0.3 is 14.7 Å². The highest BCUT2D eigenvalue weighted by Gasteiger charge is 2.27. The molecule has 1 heterocycles. The fourth-order valence-electron chi connectivity index (χ4n) is 3.29. The SMILES string of the molecule is CN(CC(=O)O)CC1CN(C(=O)CC2CCCC2)CCO1. The Morgan fingerprint density at radius 3 is 2.71 bits per heavy atom. The van der Waals surface area contributed by atoms with Gasteiger partial charge in [0, 0.05) is 26.1 Å². The van der Waals surface area contributed by atoms with Crippen molar-refractivity contribution in [1.82, 2.24) is 9.80 Å². The van der Waals surface area contributed by atoms with E-state index in [-0.39, 0.29) is 18.6 Å². The smallest absolute Gasteiger partial charge is 0.317 e. The van der Waals surface area contributed by atoms with Crippen LogP contribution in [0.2, 0.25) is 0 Å². The molecule has 1 atom stereocenters. The van der Waals surface area contributed by atoms with Crippen molar-refractivity contribution in [1.29, 1.82) is 0 Å². The Labute approximate surface area is 126 Å². The van der Waals surface area contributed by atoms with E-state index in [0.29, 0.717) is 38.6 Å². The van der Waals surface area contributed by atoms with Crippen molar-refractivity contribution in [3.05, 3.63) is 0 Å². The third kappa shape index (κ3) is 5.28. The summed E-state index contributed by atoms with van der Waals surface area (Å²) in [5.74, 6) is -0.0490. The maximum Gasteiger partial charge on any atom is 0.317 e. The van der Waals surface area contributed by atoms with E-state index < -0.39 is 5.97 Å². The number of hydrogen-bond donors (Lipinski definition) is 1. The number of likely N-dealkylation sites (N-methyl/N-ethyl adjacent to an activating group) is 1. The molecule has 0 bridgehead atoms. The molecule has 6 nitrogen and oxygen atoms in total. The van der Waals surface area contributed by atoms with Crippen LogP contribution in [0.5, 0.6) is 0 Å². The Morgan fingerprint density at radius 2 is 2.05 bits per heavy atom. The van der Waals surface area contributed by atoms with E-state index in [1.807, 2.05) is 4.90 Å². The molecule has 1 aliphatic carbocycles. The van der Waals surface area contributed by atoms with E-state index >= 15 is 0 Å². The van der Waals surface area contributed by atoms with Gasteiger partial charge >= 0.3 is 5.97 Å². The maximum absolute atomic E-state index is 12.3. The molecule has 2 rings (SSSR count). The quantitative estimate of drug-likeness (QED) is 0.786. The van der Waals surface area contributed by atoms with Gasteiger partial charge in [-0.3, -0.25) is 14.5 Å². The van der Waals surface area contributed by atoms with Crippen LogP contribution in [0.15, 0.2) is 0 Å². The molecule has 2 fully saturated rings. The second-order valence-corrected chi connectivity index (χ2v) is 6.28. The Balaban J connectivity index is 1.76. The van der Waals surface area contributed by atoms with E-state index in [1.165, 1.54) is 25.7 Å². The molecule has 1 aliphatic heterocycles. The highest BCUT2D eigenvalue weighted by Crippen LogP contribution is 2.28. The predicted octanol–water partition coefficient (Wildman–Crippen LogP) is 0.811. The van der Waals surface area contributed by atoms with Gasteiger partial charge in [0.25, 0.3) is 0 Å². The van der Waals surface area contributed by atoms with E-state index in [0.717, 1.165) is 0 Å². The van der Waals surface area contributed by atoms with Crippen LogP contribution in [-0.2, 0) is 14.3 Å². The van der Waals surface area contributed by atoms with Gasteiger partial charge in [-0.15, -0.1) is 0 Å². The zero-order valence-corrected chi connectivity index (χ0v) is 12.8. The van der Waals surface area contributed by atoms with Crippen LogP contribution >= 0.6 is 0 Å². The number of carboxylic acid groups (broad SMARTS) is 1. The van der Waals surface area contributed by atoms with Crippen molar-refractivity contribution in [2.75, 3.05) is 39.8 Å². The summed E-state index contributed by atoms with van der Waals surface area (Å²) in [6, 6.07) is 0. The van der Waals surface area contributed by atoms with E-state index in [9.17, 15) is 9.59 Å². The van der Waals surface area contributed by atoms with Gasteiger partial charge in [-0.2, -0.15) is 0 Å². The molecule has 0 aromatic heterocycles. The first-order valence-corrected chi connectivity index (χ1v) is 7.84. The summed E-state index contributed by atoms with van der Waals surface area (Å²) < 4.78 is 5.65. The third-order valence-corrected chi connectivity index (χ3v) is 4.35. The molecule has 0 spiro atoms. The van der Waals surface area contributed by atoms with Gasteiger partial charge in [-0.05, 0) is 25.8 Å². The van der Waals surface area contributed by atoms with Crippen molar-refractivity contribution >= 4 is 11.9 Å². The highest BCUT2D eigenvalue weighted by atomic mass is 16.5. The molecule has 0 aromatic carbocycles. The molecule has 0 radical (unpaired) electrons. The Morgan fingerprint density at radius 1 is 1.33 bits per heavy atom. The lowest BCUT2D eigenvalue weighted by molar-refractivity contribution is -0.143. The number of carbonyl (C=O) groups is 2. The summed E-state index contributed by atoms with van der Waals surface area (Å²) in [5.41, 5.74) is 0. The zero-order chi connectivity index (χ0) is 15.2. The first-order chi connectivity index (χ1) is 10.0. The zero-order valence-electron chi connectivity index (χ0n) is 12.8. The molecule has 0 aromatic rings. The number of aliphatic carboxylic acids is 1. The molecule has 21 heavy (non-hydrogen) atoms. The predicted molar refractivity (Wildman–Crippen MR) is 78.0 cm³/mol. The lowest BCUT2D eigenvalue weighted by Gasteiger charge is -2.35. The van der Waals surface area contributed by atoms with Crippen LogP contribution in [0, 0.1) is 5.92 Å². The molecular formula is C15H26N2O4. The van der Waals surface area contributed by atoms with Crippen LogP contribution in [-0.4, -0.2) is 72.7 Å². The van der Waals surface area contributed by atoms with Crippen molar-refractivity contribution in [3.8, 4) is 0 Å². The highest BCUT2D eigenvalue weighted by molar-refractivity contribution is 5.76. The Hall–Kier alpha value is -1.14. The van der Waals surface area contributed by atoms with E-state index in [1.54, 1.807) is 11.9 Å². The fourth-order valence-corrected chi connectivity index (χ4v) is 3.29. The number of rotatable bonds is 6. The van der Waals surface area contributed by atoms with Crippen molar-refractivity contribution < 1.29 is 19.4 Å². The number of nitrogens with zero attached hydrogens (tertiary/aromatic N) is 2. The standard InChI is InChI=1S/C15H26N2O4/c1-16(11-15(19)20)9-13-10-17(6-7-21-13)14(18)8-12-4-2-3-5-12/h12-13H,2-11H2,1H3,(H,19,20). The first kappa shape index (κ1) is 16.2. The molecule has 1 saturated carbocycles. The molecule has 1 N–H and O–H groups in total. The van der Waals surface area contributed by atoms with E-state index in [2.05, 4.69) is 0 Å². The average Bonchev–Trinajstić information content (AvgIpc) is 2.90. The summed E-state index contributed by atoms with van der Waals surface area (Å²) in [6.07, 6.45) is 5.45. The van der Waals surface area contributed by atoms with Crippen LogP contribution in [0.25, 0.3) is 0 Å². The molecule has 1 amide bonds. The normalized spacial score (nSPS) is 23.7. The van der Waals surface area contributed by atoms with Crippen LogP contribution in [0.1, 0.15) is 32.1 Å². The molecule has 1 unspecified atom stereocenters. The number of hydrogen-bond acceptors (Lipinski definition) is 4. The second-order valence-electron chi connectivity index (χ2n) is 6.28. The van der Waals surface area contributed by atoms with Crippen molar-refractivity contribution in [3.63, 3.8) is 0 Å². The molecule has 6 heteroatoms. The summed E-state index contributed by atoms with van der Waals surface area (Å²) >= 11 is 0. The number of carbonyl (C=O) groups excluding carboxylic acids is 1. The van der Waals surface area contributed by atoms with Crippen molar-refractivity contribution in [2.24, 2.45) is 5.92 Å². The van der Waals surface area contributed by atoms with Crippen LogP contribution in [0.4, 0.5) is 0 Å². The topological polar surface area (TPSA) is 70.1 Å². The maximum atomic E-state index is 12.3. The first-order valence-electron chi connectivity index (χ1n) is 7.84. The minimum atomic E-state index is -0.845. The summed E-state index contributed by atoms with van der Waals surface area (Å²) in [7, 11) is 1.76. The lowest BCUT2D eigenvalue weighted by Crippen LogP contribution is -2.49. The van der Waals surface area contributed by atoms with Crippen LogP contribution in [0.3, 0.4) is 0 Å². The monoisotopic (exact) mass is 298 g/mol. The van der Waals surface area contributed by atoms with Gasteiger partial charge in [-0.25, -0.2) is 0 Å².